The van der Waals surface area contributed by atoms with Crippen LogP contribution in [0.25, 0.3) is 10.9 Å². The molecule has 1 amide bonds. The number of benzene rings is 1. The van der Waals surface area contributed by atoms with Crippen LogP contribution in [0.2, 0.25) is 0 Å². The molecule has 0 bridgehead atoms. The molecule has 0 aliphatic carbocycles. The monoisotopic (exact) mass is 322 g/mol. The van der Waals surface area contributed by atoms with E-state index in [1.165, 1.54) is 0 Å². The van der Waals surface area contributed by atoms with Crippen molar-refractivity contribution in [3.8, 4) is 0 Å². The maximum Gasteiger partial charge on any atom is 0.228 e. The largest absolute Gasteiger partial charge is 0.342 e. The highest BCUT2D eigenvalue weighted by Gasteiger charge is 2.23. The number of amides is 1. The van der Waals surface area contributed by atoms with Crippen molar-refractivity contribution in [1.82, 2.24) is 20.4 Å². The highest BCUT2D eigenvalue weighted by atomic mass is 35.5. The molecule has 6 heteroatoms. The molecule has 1 aliphatic heterocycles. The average molecular weight is 323 g/mol. The van der Waals surface area contributed by atoms with Crippen molar-refractivity contribution in [2.75, 3.05) is 26.7 Å². The molecule has 0 spiro atoms. The number of aromatic amines is 1. The number of rotatable bonds is 4. The molecule has 2 heterocycles. The Kier molecular flexibility index (Phi) is 5.80. The van der Waals surface area contributed by atoms with Crippen molar-refractivity contribution < 1.29 is 4.79 Å². The molecule has 1 aromatic carbocycles. The van der Waals surface area contributed by atoms with Gasteiger partial charge in [-0.05, 0) is 38.4 Å². The van der Waals surface area contributed by atoms with Gasteiger partial charge in [0.05, 0.1) is 17.6 Å². The zero-order valence-electron chi connectivity index (χ0n) is 12.8. The number of carbonyl (C=O) groups excluding carboxylic acids is 1. The summed E-state index contributed by atoms with van der Waals surface area (Å²) < 4.78 is 0. The number of carbonyl (C=O) groups is 1. The first-order chi connectivity index (χ1) is 10.3. The summed E-state index contributed by atoms with van der Waals surface area (Å²) in [6.07, 6.45) is 2.60. The lowest BCUT2D eigenvalue weighted by Gasteiger charge is -2.32. The lowest BCUT2D eigenvalue weighted by molar-refractivity contribution is -0.131. The number of aromatic nitrogens is 2. The Hall–Kier alpha value is -1.59. The van der Waals surface area contributed by atoms with E-state index in [9.17, 15) is 4.79 Å². The SMILES string of the molecule is CNCC1CCN(C(=O)Cc2[nH]nc3ccccc23)CC1.Cl. The van der Waals surface area contributed by atoms with E-state index in [2.05, 4.69) is 15.5 Å². The van der Waals surface area contributed by atoms with Gasteiger partial charge in [-0.2, -0.15) is 5.10 Å². The summed E-state index contributed by atoms with van der Waals surface area (Å²) in [5.41, 5.74) is 1.85. The molecule has 3 rings (SSSR count). The normalized spacial score (nSPS) is 15.8. The zero-order chi connectivity index (χ0) is 14.7. The molecule has 0 saturated carbocycles. The number of halogens is 1. The second-order valence-corrected chi connectivity index (χ2v) is 5.78. The van der Waals surface area contributed by atoms with E-state index in [1.807, 2.05) is 36.2 Å². The first kappa shape index (κ1) is 16.8. The molecule has 0 unspecified atom stereocenters. The molecule has 120 valence electrons. The summed E-state index contributed by atoms with van der Waals surface area (Å²) in [5.74, 6) is 0.902. The van der Waals surface area contributed by atoms with Crippen LogP contribution in [0.5, 0.6) is 0 Å². The topological polar surface area (TPSA) is 61.0 Å². The fourth-order valence-corrected chi connectivity index (χ4v) is 3.09. The first-order valence-electron chi connectivity index (χ1n) is 7.62. The molecular formula is C16H23ClN4O. The van der Waals surface area contributed by atoms with Crippen LogP contribution >= 0.6 is 12.4 Å². The van der Waals surface area contributed by atoms with Crippen LogP contribution in [0.3, 0.4) is 0 Å². The van der Waals surface area contributed by atoms with E-state index >= 15 is 0 Å². The highest BCUT2D eigenvalue weighted by Crippen LogP contribution is 2.19. The second kappa shape index (κ2) is 7.61. The zero-order valence-corrected chi connectivity index (χ0v) is 13.7. The van der Waals surface area contributed by atoms with Gasteiger partial charge in [0.1, 0.15) is 0 Å². The Morgan fingerprint density at radius 3 is 2.82 bits per heavy atom. The summed E-state index contributed by atoms with van der Waals surface area (Å²) in [6.45, 7) is 2.79. The fraction of sp³-hybridized carbons (Fsp3) is 0.500. The standard InChI is InChI=1S/C16H22N4O.ClH/c1-17-11-12-6-8-20(9-7-12)16(21)10-15-13-4-2-3-5-14(13)18-19-15;/h2-5,12,17H,6-11H2,1H3,(H,18,19);1H. The number of fused-ring (bicyclic) bond motifs is 1. The minimum Gasteiger partial charge on any atom is -0.342 e. The third kappa shape index (κ3) is 3.59. The van der Waals surface area contributed by atoms with Crippen LogP contribution in [0.4, 0.5) is 0 Å². The molecule has 2 N–H and O–H groups in total. The van der Waals surface area contributed by atoms with Gasteiger partial charge in [0.25, 0.3) is 0 Å². The molecule has 1 fully saturated rings. The number of hydrogen-bond acceptors (Lipinski definition) is 3. The van der Waals surface area contributed by atoms with E-state index in [4.69, 9.17) is 0 Å². The van der Waals surface area contributed by atoms with E-state index in [0.717, 1.165) is 49.1 Å². The number of nitrogens with one attached hydrogen (secondary N) is 2. The van der Waals surface area contributed by atoms with Gasteiger partial charge in [-0.15, -0.1) is 12.4 Å². The first-order valence-corrected chi connectivity index (χ1v) is 7.62. The Morgan fingerprint density at radius 2 is 2.09 bits per heavy atom. The summed E-state index contributed by atoms with van der Waals surface area (Å²) in [6, 6.07) is 7.92. The smallest absolute Gasteiger partial charge is 0.228 e. The van der Waals surface area contributed by atoms with Gasteiger partial charge in [0.2, 0.25) is 5.91 Å². The molecule has 0 atom stereocenters. The maximum absolute atomic E-state index is 12.4. The van der Waals surface area contributed by atoms with E-state index < -0.39 is 0 Å². The molecule has 1 saturated heterocycles. The lowest BCUT2D eigenvalue weighted by atomic mass is 9.96. The third-order valence-electron chi connectivity index (χ3n) is 4.33. The molecule has 2 aromatic rings. The molecule has 1 aromatic heterocycles. The number of H-pyrrole nitrogens is 1. The predicted octanol–water partition coefficient (Wildman–Crippen LogP) is 1.99. The molecule has 1 aliphatic rings. The van der Waals surface area contributed by atoms with E-state index in [1.54, 1.807) is 0 Å². The fourth-order valence-electron chi connectivity index (χ4n) is 3.09. The van der Waals surface area contributed by atoms with Gasteiger partial charge in [-0.25, -0.2) is 0 Å². The number of nitrogens with zero attached hydrogens (tertiary/aromatic N) is 2. The summed E-state index contributed by atoms with van der Waals surface area (Å²) in [5, 5.41) is 11.5. The van der Waals surface area contributed by atoms with Gasteiger partial charge in [0.15, 0.2) is 0 Å². The Balaban J connectivity index is 0.00000176. The van der Waals surface area contributed by atoms with Gasteiger partial charge in [-0.1, -0.05) is 18.2 Å². The minimum atomic E-state index is 0. The summed E-state index contributed by atoms with van der Waals surface area (Å²) in [4.78, 5) is 14.4. The van der Waals surface area contributed by atoms with Crippen molar-refractivity contribution >= 4 is 29.2 Å². The quantitative estimate of drug-likeness (QED) is 0.905. The van der Waals surface area contributed by atoms with Crippen molar-refractivity contribution in [2.45, 2.75) is 19.3 Å². The van der Waals surface area contributed by atoms with Gasteiger partial charge < -0.3 is 10.2 Å². The van der Waals surface area contributed by atoms with Crippen LogP contribution in [0.1, 0.15) is 18.5 Å². The van der Waals surface area contributed by atoms with Gasteiger partial charge in [0, 0.05) is 18.5 Å². The maximum atomic E-state index is 12.4. The van der Waals surface area contributed by atoms with E-state index in [0.29, 0.717) is 12.3 Å². The Morgan fingerprint density at radius 1 is 1.36 bits per heavy atom. The second-order valence-electron chi connectivity index (χ2n) is 5.78. The third-order valence-corrected chi connectivity index (χ3v) is 4.33. The average Bonchev–Trinajstić information content (AvgIpc) is 2.92. The number of hydrogen-bond donors (Lipinski definition) is 2. The summed E-state index contributed by atoms with van der Waals surface area (Å²) in [7, 11) is 1.99. The van der Waals surface area contributed by atoms with Crippen LogP contribution < -0.4 is 5.32 Å². The van der Waals surface area contributed by atoms with Crippen molar-refractivity contribution in [1.29, 1.82) is 0 Å². The van der Waals surface area contributed by atoms with Gasteiger partial charge >= 0.3 is 0 Å². The predicted molar refractivity (Wildman–Crippen MR) is 90.3 cm³/mol. The summed E-state index contributed by atoms with van der Waals surface area (Å²) >= 11 is 0. The molecule has 0 radical (unpaired) electrons. The minimum absolute atomic E-state index is 0. The van der Waals surface area contributed by atoms with Crippen molar-refractivity contribution in [2.24, 2.45) is 5.92 Å². The number of para-hydroxylation sites is 1. The van der Waals surface area contributed by atoms with Crippen LogP contribution in [0, 0.1) is 5.92 Å². The van der Waals surface area contributed by atoms with Crippen molar-refractivity contribution in [3.05, 3.63) is 30.0 Å². The van der Waals surface area contributed by atoms with Crippen molar-refractivity contribution in [3.63, 3.8) is 0 Å². The molecule has 22 heavy (non-hydrogen) atoms. The van der Waals surface area contributed by atoms with E-state index in [-0.39, 0.29) is 18.3 Å². The molecule has 5 nitrogen and oxygen atoms in total. The Labute approximate surface area is 136 Å². The lowest BCUT2D eigenvalue weighted by Crippen LogP contribution is -2.41. The van der Waals surface area contributed by atoms with Crippen LogP contribution in [-0.4, -0.2) is 47.7 Å². The Bertz CT molecular complexity index is 619. The highest BCUT2D eigenvalue weighted by molar-refractivity contribution is 5.87. The van der Waals surface area contributed by atoms with Crippen LogP contribution in [0.15, 0.2) is 24.3 Å². The van der Waals surface area contributed by atoms with Crippen LogP contribution in [-0.2, 0) is 11.2 Å². The molecular weight excluding hydrogens is 300 g/mol. The number of piperidine rings is 1. The van der Waals surface area contributed by atoms with Gasteiger partial charge in [-0.3, -0.25) is 9.89 Å². The number of likely N-dealkylation sites (tertiary alicyclic amines) is 1.